The number of aliphatic hydroxyl groups is 1. The van der Waals surface area contributed by atoms with E-state index in [-0.39, 0.29) is 17.4 Å². The molecule has 5 nitrogen and oxygen atoms in total. The van der Waals surface area contributed by atoms with E-state index in [2.05, 4.69) is 29.2 Å². The number of carbonyl (C=O) groups is 1. The van der Waals surface area contributed by atoms with Crippen molar-refractivity contribution in [2.45, 2.75) is 23.9 Å². The second-order valence-corrected chi connectivity index (χ2v) is 7.46. The first kappa shape index (κ1) is 15.8. The van der Waals surface area contributed by atoms with Gasteiger partial charge in [-0.15, -0.1) is 11.8 Å². The minimum atomic E-state index is -0.788. The summed E-state index contributed by atoms with van der Waals surface area (Å²) in [6.45, 7) is 3.11. The maximum Gasteiger partial charge on any atom is 0.241 e. The van der Waals surface area contributed by atoms with Gasteiger partial charge in [0, 0.05) is 31.9 Å². The number of carbonyl (C=O) groups excluding carboxylic acids is 1. The van der Waals surface area contributed by atoms with Gasteiger partial charge in [-0.2, -0.15) is 0 Å². The molecule has 120 valence electrons. The molecule has 3 rings (SSSR count). The van der Waals surface area contributed by atoms with Gasteiger partial charge in [0.1, 0.15) is 6.04 Å². The number of thioether (sulfide) groups is 1. The summed E-state index contributed by atoms with van der Waals surface area (Å²) in [5.41, 5.74) is 6.99. The topological polar surface area (TPSA) is 69.8 Å². The quantitative estimate of drug-likeness (QED) is 0.844. The Labute approximate surface area is 135 Å². The third-order valence-electron chi connectivity index (χ3n) is 4.56. The molecule has 2 atom stereocenters. The molecule has 22 heavy (non-hydrogen) atoms. The van der Waals surface area contributed by atoms with Crippen LogP contribution in [-0.4, -0.2) is 63.7 Å². The molecule has 2 aliphatic rings. The molecule has 3 N–H and O–H groups in total. The zero-order valence-electron chi connectivity index (χ0n) is 12.6. The lowest BCUT2D eigenvalue weighted by molar-refractivity contribution is -0.132. The fourth-order valence-corrected chi connectivity index (χ4v) is 4.82. The van der Waals surface area contributed by atoms with Crippen LogP contribution in [0.2, 0.25) is 0 Å². The van der Waals surface area contributed by atoms with E-state index in [0.717, 1.165) is 31.8 Å². The molecular weight excluding hydrogens is 298 g/mol. The second kappa shape index (κ2) is 6.58. The average molecular weight is 321 g/mol. The number of nitrogens with two attached hydrogens (primary N) is 1. The van der Waals surface area contributed by atoms with Gasteiger partial charge in [-0.25, -0.2) is 0 Å². The lowest BCUT2D eigenvalue weighted by Crippen LogP contribution is -2.48. The molecule has 1 unspecified atom stereocenters. The maximum atomic E-state index is 12.2. The molecule has 2 heterocycles. The Bertz CT molecular complexity index is 527. The molecule has 1 aromatic rings. The molecule has 2 aliphatic heterocycles. The fourth-order valence-electron chi connectivity index (χ4n) is 3.31. The third-order valence-corrected chi connectivity index (χ3v) is 6.08. The molecular formula is C16H23N3O2S. The van der Waals surface area contributed by atoms with Crippen LogP contribution in [0.5, 0.6) is 0 Å². The van der Waals surface area contributed by atoms with E-state index in [9.17, 15) is 4.79 Å². The van der Waals surface area contributed by atoms with Gasteiger partial charge in [0.05, 0.1) is 11.5 Å². The zero-order valence-corrected chi connectivity index (χ0v) is 13.5. The molecule has 2 fully saturated rings. The maximum absolute atomic E-state index is 12.2. The highest BCUT2D eigenvalue weighted by Crippen LogP contribution is 2.43. The largest absolute Gasteiger partial charge is 0.394 e. The van der Waals surface area contributed by atoms with Crippen molar-refractivity contribution in [1.29, 1.82) is 0 Å². The number of likely N-dealkylation sites (tertiary alicyclic amines) is 1. The predicted octanol–water partition coefficient (Wildman–Crippen LogP) is 0.484. The van der Waals surface area contributed by atoms with Crippen LogP contribution in [0.15, 0.2) is 30.3 Å². The smallest absolute Gasteiger partial charge is 0.241 e. The van der Waals surface area contributed by atoms with Gasteiger partial charge in [-0.05, 0) is 12.0 Å². The van der Waals surface area contributed by atoms with E-state index in [1.807, 2.05) is 22.7 Å². The number of hydrogen-bond donors (Lipinski definition) is 2. The third kappa shape index (κ3) is 3.01. The molecule has 0 aromatic heterocycles. The van der Waals surface area contributed by atoms with E-state index < -0.39 is 6.04 Å². The summed E-state index contributed by atoms with van der Waals surface area (Å²) in [5.74, 6) is 0.965. The minimum absolute atomic E-state index is 0.0146. The summed E-state index contributed by atoms with van der Waals surface area (Å²) in [5, 5.41) is 9.08. The van der Waals surface area contributed by atoms with Crippen molar-refractivity contribution in [3.63, 3.8) is 0 Å². The molecule has 1 spiro atoms. The van der Waals surface area contributed by atoms with Gasteiger partial charge in [0.2, 0.25) is 5.91 Å². The van der Waals surface area contributed by atoms with E-state index in [4.69, 9.17) is 10.8 Å². The van der Waals surface area contributed by atoms with Crippen LogP contribution < -0.4 is 5.73 Å². The van der Waals surface area contributed by atoms with Crippen molar-refractivity contribution >= 4 is 17.7 Å². The van der Waals surface area contributed by atoms with E-state index in [0.29, 0.717) is 6.54 Å². The standard InChI is InChI=1S/C16H23N3O2S/c17-14(11-20)15(21)18-7-6-16(12-18)19(8-9-22-16)10-13-4-2-1-3-5-13/h1-5,14,20H,6-12,17H2/t14-,16?/m0/s1. The van der Waals surface area contributed by atoms with E-state index in [1.54, 1.807) is 0 Å². The van der Waals surface area contributed by atoms with Crippen LogP contribution in [0.25, 0.3) is 0 Å². The van der Waals surface area contributed by atoms with Crippen molar-refractivity contribution in [1.82, 2.24) is 9.80 Å². The van der Waals surface area contributed by atoms with Crippen LogP contribution in [-0.2, 0) is 11.3 Å². The minimum Gasteiger partial charge on any atom is -0.394 e. The number of rotatable bonds is 4. The highest BCUT2D eigenvalue weighted by molar-refractivity contribution is 8.00. The van der Waals surface area contributed by atoms with Crippen LogP contribution in [0.1, 0.15) is 12.0 Å². The van der Waals surface area contributed by atoms with Crippen molar-refractivity contribution in [3.05, 3.63) is 35.9 Å². The molecule has 1 aromatic carbocycles. The molecule has 0 aliphatic carbocycles. The van der Waals surface area contributed by atoms with Crippen LogP contribution in [0.4, 0.5) is 0 Å². The van der Waals surface area contributed by atoms with Crippen molar-refractivity contribution in [3.8, 4) is 0 Å². The molecule has 1 amide bonds. The lowest BCUT2D eigenvalue weighted by Gasteiger charge is -2.34. The van der Waals surface area contributed by atoms with Gasteiger partial charge in [0.25, 0.3) is 0 Å². The molecule has 0 bridgehead atoms. The Morgan fingerprint density at radius 2 is 2.14 bits per heavy atom. The Morgan fingerprint density at radius 3 is 2.86 bits per heavy atom. The first-order valence-corrected chi connectivity index (χ1v) is 8.71. The first-order chi connectivity index (χ1) is 10.6. The number of nitrogens with zero attached hydrogens (tertiary/aromatic N) is 2. The Balaban J connectivity index is 1.69. The van der Waals surface area contributed by atoms with Gasteiger partial charge in [0.15, 0.2) is 0 Å². The Hall–Kier alpha value is -1.08. The van der Waals surface area contributed by atoms with Crippen molar-refractivity contribution in [2.24, 2.45) is 5.73 Å². The fraction of sp³-hybridized carbons (Fsp3) is 0.562. The predicted molar refractivity (Wildman–Crippen MR) is 88.3 cm³/mol. The van der Waals surface area contributed by atoms with Gasteiger partial charge < -0.3 is 15.7 Å². The molecule has 6 heteroatoms. The summed E-state index contributed by atoms with van der Waals surface area (Å²) >= 11 is 1.95. The van der Waals surface area contributed by atoms with E-state index in [1.165, 1.54) is 5.56 Å². The Morgan fingerprint density at radius 1 is 1.36 bits per heavy atom. The van der Waals surface area contributed by atoms with Gasteiger partial charge >= 0.3 is 0 Å². The average Bonchev–Trinajstić information content (AvgIpc) is 3.15. The molecule has 2 saturated heterocycles. The highest BCUT2D eigenvalue weighted by Gasteiger charge is 2.48. The lowest BCUT2D eigenvalue weighted by atomic mass is 10.1. The summed E-state index contributed by atoms with van der Waals surface area (Å²) in [7, 11) is 0. The van der Waals surface area contributed by atoms with Crippen LogP contribution in [0.3, 0.4) is 0 Å². The van der Waals surface area contributed by atoms with Gasteiger partial charge in [-0.3, -0.25) is 9.69 Å². The van der Waals surface area contributed by atoms with Crippen molar-refractivity contribution < 1.29 is 9.90 Å². The number of hydrogen-bond acceptors (Lipinski definition) is 5. The molecule has 0 saturated carbocycles. The van der Waals surface area contributed by atoms with Crippen LogP contribution in [0, 0.1) is 0 Å². The monoisotopic (exact) mass is 321 g/mol. The number of benzene rings is 1. The highest BCUT2D eigenvalue weighted by atomic mass is 32.2. The van der Waals surface area contributed by atoms with Gasteiger partial charge in [-0.1, -0.05) is 30.3 Å². The van der Waals surface area contributed by atoms with Crippen LogP contribution >= 0.6 is 11.8 Å². The summed E-state index contributed by atoms with van der Waals surface area (Å²) in [4.78, 5) is 16.5. The zero-order chi connectivity index (χ0) is 15.6. The van der Waals surface area contributed by atoms with E-state index >= 15 is 0 Å². The first-order valence-electron chi connectivity index (χ1n) is 7.73. The Kier molecular flexibility index (Phi) is 4.73. The molecule has 0 radical (unpaired) electrons. The number of amides is 1. The normalized spacial score (nSPS) is 26.7. The summed E-state index contributed by atoms with van der Waals surface area (Å²) in [6, 6.07) is 9.67. The SMILES string of the molecule is N[C@@H](CO)C(=O)N1CCC2(C1)SCCN2Cc1ccccc1. The summed E-state index contributed by atoms with van der Waals surface area (Å²) in [6.07, 6.45) is 0.967. The summed E-state index contributed by atoms with van der Waals surface area (Å²) < 4.78 is 0. The van der Waals surface area contributed by atoms with Crippen molar-refractivity contribution in [2.75, 3.05) is 32.0 Å². The second-order valence-electron chi connectivity index (χ2n) is 6.00. The number of aliphatic hydroxyl groups excluding tert-OH is 1.